The van der Waals surface area contributed by atoms with E-state index in [9.17, 15) is 4.79 Å². The molecule has 2 fully saturated rings. The summed E-state index contributed by atoms with van der Waals surface area (Å²) in [6.07, 6.45) is 6.48. The second kappa shape index (κ2) is 6.39. The van der Waals surface area contributed by atoms with Crippen molar-refractivity contribution in [3.05, 3.63) is 35.8 Å². The number of carbonyl (C=O) groups is 1. The summed E-state index contributed by atoms with van der Waals surface area (Å²) in [6.45, 7) is 3.24. The van der Waals surface area contributed by atoms with Gasteiger partial charge in [-0.05, 0) is 25.0 Å². The normalized spacial score (nSPS) is 22.2. The van der Waals surface area contributed by atoms with Gasteiger partial charge >= 0.3 is 0 Å². The van der Waals surface area contributed by atoms with Crippen molar-refractivity contribution in [3.8, 4) is 0 Å². The zero-order valence-electron chi connectivity index (χ0n) is 13.9. The predicted molar refractivity (Wildman–Crippen MR) is 85.6 cm³/mol. The maximum atomic E-state index is 13.0. The number of hydrogen-bond donors (Lipinski definition) is 0. The molecule has 4 rings (SSSR count). The summed E-state index contributed by atoms with van der Waals surface area (Å²) in [4.78, 5) is 14.8. The average molecular weight is 330 g/mol. The summed E-state index contributed by atoms with van der Waals surface area (Å²) >= 11 is 0. The van der Waals surface area contributed by atoms with Crippen LogP contribution in [0.2, 0.25) is 0 Å². The van der Waals surface area contributed by atoms with Crippen molar-refractivity contribution in [1.29, 1.82) is 0 Å². The quantitative estimate of drug-likeness (QED) is 0.864. The van der Waals surface area contributed by atoms with Gasteiger partial charge in [0, 0.05) is 25.7 Å². The molecule has 0 bridgehead atoms. The monoisotopic (exact) mass is 330 g/mol. The Labute approximate surface area is 140 Å². The van der Waals surface area contributed by atoms with E-state index in [2.05, 4.69) is 14.8 Å². The Kier molecular flexibility index (Phi) is 4.10. The first-order chi connectivity index (χ1) is 11.7. The largest absolute Gasteiger partial charge is 0.423 e. The number of nitrogens with zero attached hydrogens (tertiary/aromatic N) is 4. The summed E-state index contributed by atoms with van der Waals surface area (Å²) in [7, 11) is 0. The molecule has 0 unspecified atom stereocenters. The minimum absolute atomic E-state index is 0.0523. The maximum Gasteiger partial charge on any atom is 0.270 e. The van der Waals surface area contributed by atoms with Crippen molar-refractivity contribution < 1.29 is 13.9 Å². The topological polar surface area (TPSA) is 73.4 Å². The van der Waals surface area contributed by atoms with E-state index in [1.54, 1.807) is 6.92 Å². The van der Waals surface area contributed by atoms with Crippen LogP contribution in [0.25, 0.3) is 0 Å². The standard InChI is InChI=1S/C17H22N4O3/c1-12-18-19-16(24-12)15-11-20(9-10-23-15)17(22)14-7-4-8-21(14)13-5-2-3-6-13/h4,7-8,13,15H,2-3,5-6,9-11H2,1H3/t15-/m0/s1. The fraction of sp³-hybridized carbons (Fsp3) is 0.588. The minimum atomic E-state index is -0.348. The number of morpholine rings is 1. The average Bonchev–Trinajstić information content (AvgIpc) is 3.34. The molecule has 128 valence electrons. The molecule has 1 amide bonds. The molecular formula is C17H22N4O3. The van der Waals surface area contributed by atoms with E-state index in [0.29, 0.717) is 37.5 Å². The Bertz CT molecular complexity index is 717. The summed E-state index contributed by atoms with van der Waals surface area (Å²) < 4.78 is 13.3. The highest BCUT2D eigenvalue weighted by molar-refractivity contribution is 5.93. The third-order valence-electron chi connectivity index (χ3n) is 4.89. The van der Waals surface area contributed by atoms with Gasteiger partial charge in [0.25, 0.3) is 5.91 Å². The van der Waals surface area contributed by atoms with E-state index in [1.165, 1.54) is 12.8 Å². The molecule has 7 heteroatoms. The Balaban J connectivity index is 1.51. The van der Waals surface area contributed by atoms with Crippen molar-refractivity contribution in [1.82, 2.24) is 19.7 Å². The second-order valence-electron chi connectivity index (χ2n) is 6.51. The third kappa shape index (κ3) is 2.84. The van der Waals surface area contributed by atoms with Gasteiger partial charge in [0.1, 0.15) is 5.69 Å². The molecule has 1 aliphatic carbocycles. The van der Waals surface area contributed by atoms with E-state index in [1.807, 2.05) is 23.2 Å². The van der Waals surface area contributed by atoms with Crippen LogP contribution in [0.5, 0.6) is 0 Å². The highest BCUT2D eigenvalue weighted by Gasteiger charge is 2.31. The number of ether oxygens (including phenoxy) is 1. The van der Waals surface area contributed by atoms with Gasteiger partial charge in [-0.15, -0.1) is 10.2 Å². The zero-order chi connectivity index (χ0) is 16.5. The molecule has 3 heterocycles. The number of aromatic nitrogens is 3. The summed E-state index contributed by atoms with van der Waals surface area (Å²) in [5.41, 5.74) is 0.768. The second-order valence-corrected chi connectivity index (χ2v) is 6.51. The molecule has 2 aliphatic rings. The number of aryl methyl sites for hydroxylation is 1. The van der Waals surface area contributed by atoms with Crippen molar-refractivity contribution in [3.63, 3.8) is 0 Å². The number of carbonyl (C=O) groups excluding carboxylic acids is 1. The molecule has 0 spiro atoms. The van der Waals surface area contributed by atoms with Gasteiger partial charge in [0.05, 0.1) is 13.2 Å². The lowest BCUT2D eigenvalue weighted by molar-refractivity contribution is -0.0352. The molecule has 1 saturated heterocycles. The first-order valence-corrected chi connectivity index (χ1v) is 8.60. The Morgan fingerprint density at radius 3 is 2.88 bits per heavy atom. The van der Waals surface area contributed by atoms with Crippen molar-refractivity contribution in [2.45, 2.75) is 44.8 Å². The van der Waals surface area contributed by atoms with Gasteiger partial charge in [0.15, 0.2) is 6.10 Å². The highest BCUT2D eigenvalue weighted by Crippen LogP contribution is 2.31. The van der Waals surface area contributed by atoms with Crippen molar-refractivity contribution in [2.24, 2.45) is 0 Å². The van der Waals surface area contributed by atoms with Crippen LogP contribution in [0.15, 0.2) is 22.7 Å². The molecule has 2 aromatic heterocycles. The molecule has 1 atom stereocenters. The molecule has 1 saturated carbocycles. The van der Waals surface area contributed by atoms with E-state index < -0.39 is 0 Å². The fourth-order valence-corrected chi connectivity index (χ4v) is 3.66. The van der Waals surface area contributed by atoms with E-state index in [0.717, 1.165) is 18.5 Å². The molecule has 0 aromatic carbocycles. The number of amides is 1. The molecule has 24 heavy (non-hydrogen) atoms. The van der Waals surface area contributed by atoms with E-state index >= 15 is 0 Å². The SMILES string of the molecule is Cc1nnc([C@@H]2CN(C(=O)c3cccn3C3CCCC3)CCO2)o1. The Hall–Kier alpha value is -2.15. The van der Waals surface area contributed by atoms with Gasteiger partial charge in [0.2, 0.25) is 11.8 Å². The van der Waals surface area contributed by atoms with E-state index in [-0.39, 0.29) is 12.0 Å². The van der Waals surface area contributed by atoms with Crippen LogP contribution in [-0.4, -0.2) is 45.3 Å². The number of rotatable bonds is 3. The first kappa shape index (κ1) is 15.4. The lowest BCUT2D eigenvalue weighted by Crippen LogP contribution is -2.43. The third-order valence-corrected chi connectivity index (χ3v) is 4.89. The zero-order valence-corrected chi connectivity index (χ0v) is 13.9. The molecule has 2 aromatic rings. The van der Waals surface area contributed by atoms with Crippen LogP contribution >= 0.6 is 0 Å². The van der Waals surface area contributed by atoms with Crippen molar-refractivity contribution in [2.75, 3.05) is 19.7 Å². The molecule has 7 nitrogen and oxygen atoms in total. The predicted octanol–water partition coefficient (Wildman–Crippen LogP) is 2.51. The van der Waals surface area contributed by atoms with E-state index in [4.69, 9.17) is 9.15 Å². The first-order valence-electron chi connectivity index (χ1n) is 8.60. The maximum absolute atomic E-state index is 13.0. The van der Waals surface area contributed by atoms with Crippen LogP contribution in [-0.2, 0) is 4.74 Å². The van der Waals surface area contributed by atoms with Gasteiger partial charge < -0.3 is 18.6 Å². The fourth-order valence-electron chi connectivity index (χ4n) is 3.66. The van der Waals surface area contributed by atoms with Gasteiger partial charge in [-0.2, -0.15) is 0 Å². The van der Waals surface area contributed by atoms with Crippen LogP contribution in [0.4, 0.5) is 0 Å². The smallest absolute Gasteiger partial charge is 0.270 e. The molecule has 0 radical (unpaired) electrons. The summed E-state index contributed by atoms with van der Waals surface area (Å²) in [5, 5.41) is 7.87. The van der Waals surface area contributed by atoms with Gasteiger partial charge in [-0.1, -0.05) is 12.8 Å². The molecule has 0 N–H and O–H groups in total. The molecule has 1 aliphatic heterocycles. The lowest BCUT2D eigenvalue weighted by Gasteiger charge is -2.32. The summed E-state index contributed by atoms with van der Waals surface area (Å²) in [6, 6.07) is 4.33. The van der Waals surface area contributed by atoms with Crippen LogP contribution in [0, 0.1) is 6.92 Å². The lowest BCUT2D eigenvalue weighted by atomic mass is 10.2. The van der Waals surface area contributed by atoms with Crippen LogP contribution in [0.3, 0.4) is 0 Å². The Morgan fingerprint density at radius 2 is 2.12 bits per heavy atom. The minimum Gasteiger partial charge on any atom is -0.423 e. The van der Waals surface area contributed by atoms with Gasteiger partial charge in [-0.25, -0.2) is 0 Å². The number of hydrogen-bond acceptors (Lipinski definition) is 5. The van der Waals surface area contributed by atoms with Gasteiger partial charge in [-0.3, -0.25) is 4.79 Å². The highest BCUT2D eigenvalue weighted by atomic mass is 16.5. The Morgan fingerprint density at radius 1 is 1.29 bits per heavy atom. The van der Waals surface area contributed by atoms with Crippen LogP contribution in [0.1, 0.15) is 60.1 Å². The van der Waals surface area contributed by atoms with Crippen molar-refractivity contribution >= 4 is 5.91 Å². The summed E-state index contributed by atoms with van der Waals surface area (Å²) in [5.74, 6) is 1.000. The molecular weight excluding hydrogens is 308 g/mol. The van der Waals surface area contributed by atoms with Crippen LogP contribution < -0.4 is 0 Å².